The zero-order valence-electron chi connectivity index (χ0n) is 12.1. The van der Waals surface area contributed by atoms with Crippen molar-refractivity contribution >= 4 is 26.0 Å². The highest BCUT2D eigenvalue weighted by atomic mass is 79.9. The third-order valence-corrected chi connectivity index (χ3v) is 6.67. The van der Waals surface area contributed by atoms with Gasteiger partial charge in [-0.1, -0.05) is 13.0 Å². The molecule has 2 N–H and O–H groups in total. The molecule has 0 atom stereocenters. The first-order chi connectivity index (χ1) is 9.94. The van der Waals surface area contributed by atoms with Gasteiger partial charge in [0.2, 0.25) is 10.0 Å². The molecule has 1 aromatic carbocycles. The third kappa shape index (κ3) is 3.86. The molecule has 2 aliphatic carbocycles. The van der Waals surface area contributed by atoms with Gasteiger partial charge in [0.25, 0.3) is 0 Å². The van der Waals surface area contributed by atoms with Crippen molar-refractivity contribution in [3.05, 3.63) is 28.2 Å². The van der Waals surface area contributed by atoms with Gasteiger partial charge in [-0.05, 0) is 65.2 Å². The van der Waals surface area contributed by atoms with Crippen LogP contribution in [0.25, 0.3) is 0 Å². The lowest BCUT2D eigenvalue weighted by molar-refractivity contribution is 0.270. The smallest absolute Gasteiger partial charge is 0.241 e. The van der Waals surface area contributed by atoms with Crippen molar-refractivity contribution in [2.75, 3.05) is 0 Å². The Bertz CT molecular complexity index is 623. The van der Waals surface area contributed by atoms with Gasteiger partial charge in [0, 0.05) is 23.1 Å². The lowest BCUT2D eigenvalue weighted by atomic mass is 9.83. The Morgan fingerprint density at radius 1 is 1.24 bits per heavy atom. The molecule has 0 heterocycles. The maximum atomic E-state index is 12.5. The standard InChI is InChI=1S/C15H21BrN2O2S/c1-10-6-13(7-10)18-21(19,20)15-8-11(2-5-14(15)16)9-17-12-3-4-12/h2,5,8,10,12-13,17-18H,3-4,6-7,9H2,1H3. The molecule has 1 aromatic rings. The van der Waals surface area contributed by atoms with E-state index in [4.69, 9.17) is 0 Å². The molecule has 0 bridgehead atoms. The summed E-state index contributed by atoms with van der Waals surface area (Å²) >= 11 is 3.36. The van der Waals surface area contributed by atoms with Crippen LogP contribution in [-0.2, 0) is 16.6 Å². The van der Waals surface area contributed by atoms with E-state index in [9.17, 15) is 8.42 Å². The van der Waals surface area contributed by atoms with E-state index in [1.165, 1.54) is 12.8 Å². The fourth-order valence-corrected chi connectivity index (χ4v) is 4.97. The lowest BCUT2D eigenvalue weighted by Gasteiger charge is -2.33. The zero-order chi connectivity index (χ0) is 15.0. The topological polar surface area (TPSA) is 58.2 Å². The van der Waals surface area contributed by atoms with E-state index < -0.39 is 10.0 Å². The molecule has 4 nitrogen and oxygen atoms in total. The molecule has 3 rings (SSSR count). The molecule has 0 spiro atoms. The summed E-state index contributed by atoms with van der Waals surface area (Å²) in [5.41, 5.74) is 1.01. The van der Waals surface area contributed by atoms with Crippen molar-refractivity contribution in [2.24, 2.45) is 5.92 Å². The van der Waals surface area contributed by atoms with Crippen LogP contribution in [0, 0.1) is 5.92 Å². The maximum absolute atomic E-state index is 12.5. The van der Waals surface area contributed by atoms with Gasteiger partial charge in [-0.15, -0.1) is 0 Å². The van der Waals surface area contributed by atoms with Crippen LogP contribution in [0.4, 0.5) is 0 Å². The van der Waals surface area contributed by atoms with E-state index >= 15 is 0 Å². The number of sulfonamides is 1. The van der Waals surface area contributed by atoms with Gasteiger partial charge in [-0.2, -0.15) is 0 Å². The quantitative estimate of drug-likeness (QED) is 0.806. The number of benzene rings is 1. The number of halogens is 1. The number of nitrogens with one attached hydrogen (secondary N) is 2. The summed E-state index contributed by atoms with van der Waals surface area (Å²) in [5.74, 6) is 0.621. The molecule has 0 saturated heterocycles. The molecule has 0 amide bonds. The average Bonchev–Trinajstić information content (AvgIpc) is 3.19. The van der Waals surface area contributed by atoms with E-state index in [1.807, 2.05) is 12.1 Å². The minimum Gasteiger partial charge on any atom is -0.310 e. The third-order valence-electron chi connectivity index (χ3n) is 4.15. The SMILES string of the molecule is CC1CC(NS(=O)(=O)c2cc(CNC3CC3)ccc2Br)C1. The average molecular weight is 373 g/mol. The molecule has 0 aromatic heterocycles. The summed E-state index contributed by atoms with van der Waals surface area (Å²) in [6, 6.07) is 6.25. The minimum absolute atomic E-state index is 0.0881. The summed E-state index contributed by atoms with van der Waals surface area (Å²) < 4.78 is 28.4. The van der Waals surface area contributed by atoms with E-state index in [0.717, 1.165) is 24.9 Å². The van der Waals surface area contributed by atoms with E-state index in [-0.39, 0.29) is 6.04 Å². The molecule has 2 aliphatic rings. The van der Waals surface area contributed by atoms with Crippen LogP contribution in [-0.4, -0.2) is 20.5 Å². The van der Waals surface area contributed by atoms with Crippen LogP contribution in [0.2, 0.25) is 0 Å². The predicted octanol–water partition coefficient (Wildman–Crippen LogP) is 2.78. The summed E-state index contributed by atoms with van der Waals surface area (Å²) in [6.07, 6.45) is 4.31. The molecule has 0 unspecified atom stereocenters. The van der Waals surface area contributed by atoms with Crippen LogP contribution in [0.15, 0.2) is 27.6 Å². The molecular weight excluding hydrogens is 352 g/mol. The Morgan fingerprint density at radius 2 is 1.95 bits per heavy atom. The van der Waals surface area contributed by atoms with Crippen LogP contribution in [0.5, 0.6) is 0 Å². The minimum atomic E-state index is -3.44. The Kier molecular flexibility index (Phi) is 4.41. The summed E-state index contributed by atoms with van der Waals surface area (Å²) in [4.78, 5) is 0.345. The van der Waals surface area contributed by atoms with Gasteiger partial charge in [0.15, 0.2) is 0 Å². The van der Waals surface area contributed by atoms with Crippen molar-refractivity contribution in [3.63, 3.8) is 0 Å². The molecule has 21 heavy (non-hydrogen) atoms. The van der Waals surface area contributed by atoms with Gasteiger partial charge in [-0.25, -0.2) is 13.1 Å². The first-order valence-corrected chi connectivity index (χ1v) is 9.76. The Hall–Kier alpha value is -0.430. The van der Waals surface area contributed by atoms with Crippen LogP contribution < -0.4 is 10.0 Å². The van der Waals surface area contributed by atoms with Gasteiger partial charge in [-0.3, -0.25) is 0 Å². The second kappa shape index (κ2) is 5.99. The molecule has 116 valence electrons. The normalized spacial score (nSPS) is 25.6. The zero-order valence-corrected chi connectivity index (χ0v) is 14.5. The van der Waals surface area contributed by atoms with E-state index in [0.29, 0.717) is 21.3 Å². The van der Waals surface area contributed by atoms with Gasteiger partial charge >= 0.3 is 0 Å². The largest absolute Gasteiger partial charge is 0.310 e. The van der Waals surface area contributed by atoms with Crippen molar-refractivity contribution in [1.82, 2.24) is 10.0 Å². The van der Waals surface area contributed by atoms with Gasteiger partial charge in [0.1, 0.15) is 0 Å². The van der Waals surface area contributed by atoms with Crippen LogP contribution in [0.1, 0.15) is 38.2 Å². The molecule has 2 fully saturated rings. The van der Waals surface area contributed by atoms with E-state index in [2.05, 4.69) is 32.9 Å². The number of rotatable bonds is 6. The highest BCUT2D eigenvalue weighted by Gasteiger charge is 2.30. The molecular formula is C15H21BrN2O2S. The second-order valence-electron chi connectivity index (χ2n) is 6.31. The van der Waals surface area contributed by atoms with Crippen molar-refractivity contribution in [1.29, 1.82) is 0 Å². The second-order valence-corrected chi connectivity index (χ2v) is 8.85. The Balaban J connectivity index is 1.73. The summed E-state index contributed by atoms with van der Waals surface area (Å²) in [7, 11) is -3.44. The predicted molar refractivity (Wildman–Crippen MR) is 86.5 cm³/mol. The van der Waals surface area contributed by atoms with Crippen molar-refractivity contribution in [3.8, 4) is 0 Å². The lowest BCUT2D eigenvalue weighted by Crippen LogP contribution is -2.43. The van der Waals surface area contributed by atoms with Crippen LogP contribution in [0.3, 0.4) is 0 Å². The fraction of sp³-hybridized carbons (Fsp3) is 0.600. The van der Waals surface area contributed by atoms with Gasteiger partial charge in [0.05, 0.1) is 4.90 Å². The first-order valence-electron chi connectivity index (χ1n) is 7.48. The number of hydrogen-bond acceptors (Lipinski definition) is 3. The monoisotopic (exact) mass is 372 g/mol. The van der Waals surface area contributed by atoms with Crippen molar-refractivity contribution < 1.29 is 8.42 Å². The summed E-state index contributed by atoms with van der Waals surface area (Å²) in [6.45, 7) is 2.87. The summed E-state index contributed by atoms with van der Waals surface area (Å²) in [5, 5.41) is 3.41. The Labute approximate surface area is 134 Å². The van der Waals surface area contributed by atoms with Crippen LogP contribution >= 0.6 is 15.9 Å². The number of hydrogen-bond donors (Lipinski definition) is 2. The fourth-order valence-electron chi connectivity index (χ4n) is 2.69. The van der Waals surface area contributed by atoms with E-state index in [1.54, 1.807) is 6.07 Å². The maximum Gasteiger partial charge on any atom is 0.241 e. The van der Waals surface area contributed by atoms with Gasteiger partial charge < -0.3 is 5.32 Å². The molecule has 0 radical (unpaired) electrons. The molecule has 2 saturated carbocycles. The highest BCUT2D eigenvalue weighted by Crippen LogP contribution is 2.30. The highest BCUT2D eigenvalue weighted by molar-refractivity contribution is 9.10. The molecule has 6 heteroatoms. The van der Waals surface area contributed by atoms with Crippen molar-refractivity contribution in [2.45, 2.75) is 56.1 Å². The first kappa shape index (κ1) is 15.5. The molecule has 0 aliphatic heterocycles. The Morgan fingerprint density at radius 3 is 2.57 bits per heavy atom.